The van der Waals surface area contributed by atoms with E-state index in [1.165, 1.54) is 0 Å². The molecule has 0 saturated carbocycles. The number of carbonyl (C=O) groups excluding carboxylic acids is 2. The Bertz CT molecular complexity index is 525. The van der Waals surface area contributed by atoms with Crippen LogP contribution < -0.4 is 4.90 Å². The molecule has 0 fully saturated rings. The molecule has 1 aliphatic heterocycles. The van der Waals surface area contributed by atoms with Gasteiger partial charge in [0.1, 0.15) is 0 Å². The topological polar surface area (TPSA) is 37.4 Å². The van der Waals surface area contributed by atoms with Crippen molar-refractivity contribution in [2.24, 2.45) is 0 Å². The second kappa shape index (κ2) is 5.37. The second-order valence-corrected chi connectivity index (χ2v) is 6.30. The third-order valence-corrected chi connectivity index (χ3v) is 4.70. The fraction of sp³-hybridized carbons (Fsp3) is 0.467. The van der Waals surface area contributed by atoms with E-state index in [-0.39, 0.29) is 23.0 Å². The average Bonchev–Trinajstić information content (AvgIpc) is 2.36. The maximum Gasteiger partial charge on any atom is 0.240 e. The van der Waals surface area contributed by atoms with Crippen LogP contribution in [0.1, 0.15) is 44.5 Å². The van der Waals surface area contributed by atoms with Crippen molar-refractivity contribution < 1.29 is 9.59 Å². The van der Waals surface area contributed by atoms with Crippen molar-refractivity contribution in [3.05, 3.63) is 23.8 Å². The monoisotopic (exact) mass is 277 g/mol. The van der Waals surface area contributed by atoms with Crippen LogP contribution in [0.5, 0.6) is 0 Å². The standard InChI is InChI=1S/C15H19NO2S/c1-5-13-15(18)16(9(2)3)12-7-6-11(10(4)17)8-14(12)19-13/h6-9,13H,5H2,1-4H3. The molecule has 1 atom stereocenters. The fourth-order valence-electron chi connectivity index (χ4n) is 2.29. The second-order valence-electron chi connectivity index (χ2n) is 5.06. The first-order valence-corrected chi connectivity index (χ1v) is 7.48. The van der Waals surface area contributed by atoms with Gasteiger partial charge in [-0.3, -0.25) is 9.59 Å². The highest BCUT2D eigenvalue weighted by Crippen LogP contribution is 2.41. The summed E-state index contributed by atoms with van der Waals surface area (Å²) in [4.78, 5) is 26.8. The average molecular weight is 277 g/mol. The van der Waals surface area contributed by atoms with Gasteiger partial charge in [0.25, 0.3) is 0 Å². The van der Waals surface area contributed by atoms with Gasteiger partial charge in [0.2, 0.25) is 5.91 Å². The molecular weight excluding hydrogens is 258 g/mol. The molecule has 2 rings (SSSR count). The predicted octanol–water partition coefficient (Wildman–Crippen LogP) is 3.51. The first-order chi connectivity index (χ1) is 8.95. The van der Waals surface area contributed by atoms with Gasteiger partial charge < -0.3 is 4.90 Å². The predicted molar refractivity (Wildman–Crippen MR) is 79.0 cm³/mol. The first-order valence-electron chi connectivity index (χ1n) is 6.60. The number of amides is 1. The van der Waals surface area contributed by atoms with Gasteiger partial charge in [0.15, 0.2) is 5.78 Å². The Morgan fingerprint density at radius 1 is 1.42 bits per heavy atom. The number of carbonyl (C=O) groups is 2. The summed E-state index contributed by atoms with van der Waals surface area (Å²) in [5.41, 5.74) is 1.64. The highest BCUT2D eigenvalue weighted by atomic mass is 32.2. The Kier molecular flexibility index (Phi) is 3.99. The van der Waals surface area contributed by atoms with Gasteiger partial charge in [-0.25, -0.2) is 0 Å². The molecule has 4 heteroatoms. The molecule has 0 spiro atoms. The lowest BCUT2D eigenvalue weighted by molar-refractivity contribution is -0.118. The number of benzene rings is 1. The summed E-state index contributed by atoms with van der Waals surface area (Å²) in [6, 6.07) is 5.73. The summed E-state index contributed by atoms with van der Waals surface area (Å²) in [7, 11) is 0. The molecule has 3 nitrogen and oxygen atoms in total. The number of thioether (sulfide) groups is 1. The zero-order chi connectivity index (χ0) is 14.2. The van der Waals surface area contributed by atoms with Crippen LogP contribution in [0.25, 0.3) is 0 Å². The van der Waals surface area contributed by atoms with E-state index in [0.717, 1.165) is 17.0 Å². The molecule has 1 aromatic carbocycles. The number of hydrogen-bond acceptors (Lipinski definition) is 3. The zero-order valence-electron chi connectivity index (χ0n) is 11.8. The molecule has 0 aromatic heterocycles. The number of ketones is 1. The van der Waals surface area contributed by atoms with Crippen LogP contribution in [-0.2, 0) is 4.79 Å². The fourth-order valence-corrected chi connectivity index (χ4v) is 3.46. The summed E-state index contributed by atoms with van der Waals surface area (Å²) in [5, 5.41) is -0.0443. The largest absolute Gasteiger partial charge is 0.308 e. The van der Waals surface area contributed by atoms with Crippen molar-refractivity contribution in [1.82, 2.24) is 0 Å². The molecule has 1 aliphatic rings. The van der Waals surface area contributed by atoms with Crippen LogP contribution in [-0.4, -0.2) is 23.0 Å². The van der Waals surface area contributed by atoms with E-state index in [0.29, 0.717) is 5.56 Å². The summed E-state index contributed by atoms with van der Waals surface area (Å²) in [6.07, 6.45) is 0.802. The lowest BCUT2D eigenvalue weighted by Crippen LogP contribution is -2.44. The smallest absolute Gasteiger partial charge is 0.240 e. The molecule has 0 N–H and O–H groups in total. The minimum atomic E-state index is -0.0443. The number of hydrogen-bond donors (Lipinski definition) is 0. The van der Waals surface area contributed by atoms with E-state index in [1.807, 2.05) is 37.8 Å². The van der Waals surface area contributed by atoms with Crippen LogP contribution >= 0.6 is 11.8 Å². The summed E-state index contributed by atoms with van der Waals surface area (Å²) in [5.74, 6) is 0.232. The number of Topliss-reactive ketones (excluding diaryl/α,β-unsaturated/α-hetero) is 1. The van der Waals surface area contributed by atoms with E-state index in [9.17, 15) is 9.59 Å². The molecule has 19 heavy (non-hydrogen) atoms. The Morgan fingerprint density at radius 2 is 2.11 bits per heavy atom. The van der Waals surface area contributed by atoms with E-state index in [4.69, 9.17) is 0 Å². The lowest BCUT2D eigenvalue weighted by Gasteiger charge is -2.36. The number of rotatable bonds is 3. The highest BCUT2D eigenvalue weighted by Gasteiger charge is 2.34. The van der Waals surface area contributed by atoms with Gasteiger partial charge in [-0.1, -0.05) is 6.92 Å². The third kappa shape index (κ3) is 2.54. The molecule has 1 amide bonds. The van der Waals surface area contributed by atoms with Crippen LogP contribution in [0.2, 0.25) is 0 Å². The van der Waals surface area contributed by atoms with Gasteiger partial charge in [0, 0.05) is 16.5 Å². The third-order valence-electron chi connectivity index (χ3n) is 3.30. The van der Waals surface area contributed by atoms with Crippen molar-refractivity contribution in [2.45, 2.75) is 50.3 Å². The molecule has 0 saturated heterocycles. The first kappa shape index (κ1) is 14.1. The Hall–Kier alpha value is -1.29. The van der Waals surface area contributed by atoms with Gasteiger partial charge in [0.05, 0.1) is 10.9 Å². The van der Waals surface area contributed by atoms with Crippen molar-refractivity contribution in [2.75, 3.05) is 4.90 Å². The van der Waals surface area contributed by atoms with E-state index >= 15 is 0 Å². The molecule has 0 aliphatic carbocycles. The quantitative estimate of drug-likeness (QED) is 0.793. The normalized spacial score (nSPS) is 18.7. The Morgan fingerprint density at radius 3 is 2.63 bits per heavy atom. The number of anilines is 1. The molecule has 1 heterocycles. The van der Waals surface area contributed by atoms with Crippen LogP contribution in [0.3, 0.4) is 0 Å². The minimum absolute atomic E-state index is 0.0443. The van der Waals surface area contributed by atoms with E-state index < -0.39 is 0 Å². The molecule has 1 aromatic rings. The Balaban J connectivity index is 2.51. The number of nitrogens with zero attached hydrogens (tertiary/aromatic N) is 1. The van der Waals surface area contributed by atoms with Gasteiger partial charge >= 0.3 is 0 Å². The molecule has 0 radical (unpaired) electrons. The SMILES string of the molecule is CCC1Sc2cc(C(C)=O)ccc2N(C(C)C)C1=O. The summed E-state index contributed by atoms with van der Waals surface area (Å²) >= 11 is 1.57. The minimum Gasteiger partial charge on any atom is -0.308 e. The molecule has 1 unspecified atom stereocenters. The highest BCUT2D eigenvalue weighted by molar-refractivity contribution is 8.01. The van der Waals surface area contributed by atoms with Crippen LogP contribution in [0.4, 0.5) is 5.69 Å². The van der Waals surface area contributed by atoms with Crippen molar-refractivity contribution in [3.8, 4) is 0 Å². The van der Waals surface area contributed by atoms with Crippen molar-refractivity contribution in [3.63, 3.8) is 0 Å². The number of fused-ring (bicyclic) bond motifs is 1. The van der Waals surface area contributed by atoms with Gasteiger partial charge in [-0.2, -0.15) is 0 Å². The van der Waals surface area contributed by atoms with E-state index in [2.05, 4.69) is 0 Å². The molecular formula is C15H19NO2S. The van der Waals surface area contributed by atoms with E-state index in [1.54, 1.807) is 24.8 Å². The Labute approximate surface area is 118 Å². The molecule has 0 bridgehead atoms. The van der Waals surface area contributed by atoms with Gasteiger partial charge in [-0.15, -0.1) is 11.8 Å². The summed E-state index contributed by atoms with van der Waals surface area (Å²) in [6.45, 7) is 7.62. The van der Waals surface area contributed by atoms with Crippen LogP contribution in [0, 0.1) is 0 Å². The maximum absolute atomic E-state index is 12.4. The summed E-state index contributed by atoms with van der Waals surface area (Å²) < 4.78 is 0. The lowest BCUT2D eigenvalue weighted by atomic mass is 10.1. The van der Waals surface area contributed by atoms with Crippen molar-refractivity contribution >= 4 is 29.1 Å². The molecule has 102 valence electrons. The maximum atomic E-state index is 12.4. The van der Waals surface area contributed by atoms with Gasteiger partial charge in [-0.05, 0) is 45.4 Å². The van der Waals surface area contributed by atoms with Crippen LogP contribution in [0.15, 0.2) is 23.1 Å². The van der Waals surface area contributed by atoms with Crippen molar-refractivity contribution in [1.29, 1.82) is 0 Å². The zero-order valence-corrected chi connectivity index (χ0v) is 12.6.